The molecule has 1 saturated carbocycles. The summed E-state index contributed by atoms with van der Waals surface area (Å²) in [5.74, 6) is 0.907. The van der Waals surface area contributed by atoms with Gasteiger partial charge in [-0.15, -0.1) is 0 Å². The van der Waals surface area contributed by atoms with Crippen molar-refractivity contribution < 1.29 is 14.6 Å². The Kier molecular flexibility index (Phi) is 3.04. The van der Waals surface area contributed by atoms with Crippen LogP contribution in [0.2, 0.25) is 0 Å². The summed E-state index contributed by atoms with van der Waals surface area (Å²) in [6, 6.07) is 7.89. The van der Waals surface area contributed by atoms with Crippen LogP contribution in [0, 0.1) is 0 Å². The van der Waals surface area contributed by atoms with Gasteiger partial charge in [0.25, 0.3) is 0 Å². The number of hydrogen-bond acceptors (Lipinski definition) is 3. The minimum atomic E-state index is -0.740. The van der Waals surface area contributed by atoms with E-state index in [9.17, 15) is 5.11 Å². The highest BCUT2D eigenvalue weighted by molar-refractivity contribution is 5.31. The van der Waals surface area contributed by atoms with Crippen molar-refractivity contribution >= 4 is 0 Å². The third-order valence-corrected chi connectivity index (χ3v) is 3.76. The van der Waals surface area contributed by atoms with Crippen LogP contribution in [0.5, 0.6) is 5.75 Å². The van der Waals surface area contributed by atoms with Crippen LogP contribution >= 0.6 is 0 Å². The van der Waals surface area contributed by atoms with Crippen LogP contribution in [0.3, 0.4) is 0 Å². The Balaban J connectivity index is 1.74. The molecule has 3 heteroatoms. The second kappa shape index (κ2) is 4.56. The molecule has 1 N–H and O–H groups in total. The molecule has 3 nitrogen and oxygen atoms in total. The van der Waals surface area contributed by atoms with E-state index in [4.69, 9.17) is 9.47 Å². The normalized spacial score (nSPS) is 32.2. The van der Waals surface area contributed by atoms with Gasteiger partial charge in [0.15, 0.2) is 0 Å². The first-order valence-corrected chi connectivity index (χ1v) is 6.77. The predicted octanol–water partition coefficient (Wildman–Crippen LogP) is 2.61. The van der Waals surface area contributed by atoms with Gasteiger partial charge in [0.1, 0.15) is 5.75 Å². The van der Waals surface area contributed by atoms with Gasteiger partial charge in [-0.2, -0.15) is 0 Å². The first-order valence-electron chi connectivity index (χ1n) is 6.77. The van der Waals surface area contributed by atoms with Gasteiger partial charge in [0.2, 0.25) is 0 Å². The minimum absolute atomic E-state index is 0.117. The number of ether oxygens (including phenoxy) is 2. The first-order chi connectivity index (χ1) is 8.66. The lowest BCUT2D eigenvalue weighted by molar-refractivity contribution is -0.101. The second-order valence-electron chi connectivity index (χ2n) is 5.51. The van der Waals surface area contributed by atoms with E-state index in [0.717, 1.165) is 11.3 Å². The topological polar surface area (TPSA) is 38.7 Å². The molecule has 2 unspecified atom stereocenters. The van der Waals surface area contributed by atoms with Gasteiger partial charge in [0.05, 0.1) is 24.4 Å². The molecule has 3 rings (SSSR count). The molecule has 18 heavy (non-hydrogen) atoms. The number of benzene rings is 1. The highest BCUT2D eigenvalue weighted by atomic mass is 16.5. The van der Waals surface area contributed by atoms with Crippen LogP contribution in [-0.4, -0.2) is 23.9 Å². The van der Waals surface area contributed by atoms with E-state index in [0.29, 0.717) is 25.6 Å². The molecule has 98 valence electrons. The van der Waals surface area contributed by atoms with Gasteiger partial charge in [0, 0.05) is 12.8 Å². The lowest BCUT2D eigenvalue weighted by atomic mass is 9.84. The molecule has 0 aromatic heterocycles. The summed E-state index contributed by atoms with van der Waals surface area (Å²) in [4.78, 5) is 0. The molecular weight excluding hydrogens is 228 g/mol. The van der Waals surface area contributed by atoms with E-state index in [1.54, 1.807) is 0 Å². The molecular formula is C15H20O3. The molecule has 1 heterocycles. The molecule has 1 aromatic carbocycles. The van der Waals surface area contributed by atoms with Gasteiger partial charge in [-0.25, -0.2) is 0 Å². The van der Waals surface area contributed by atoms with Crippen LogP contribution in [0.25, 0.3) is 0 Å². The van der Waals surface area contributed by atoms with Gasteiger partial charge in [-0.05, 0) is 37.5 Å². The summed E-state index contributed by atoms with van der Waals surface area (Å²) >= 11 is 0. The zero-order valence-corrected chi connectivity index (χ0v) is 10.8. The average Bonchev–Trinajstić information content (AvgIpc) is 3.13. The highest BCUT2D eigenvalue weighted by Crippen LogP contribution is 2.35. The van der Waals surface area contributed by atoms with E-state index in [2.05, 4.69) is 0 Å². The van der Waals surface area contributed by atoms with Crippen molar-refractivity contribution in [3.63, 3.8) is 0 Å². The largest absolute Gasteiger partial charge is 0.490 e. The van der Waals surface area contributed by atoms with Crippen molar-refractivity contribution in [1.29, 1.82) is 0 Å². The van der Waals surface area contributed by atoms with Crippen molar-refractivity contribution in [2.75, 3.05) is 6.61 Å². The van der Waals surface area contributed by atoms with Crippen molar-refractivity contribution in [2.24, 2.45) is 0 Å². The zero-order valence-electron chi connectivity index (χ0n) is 10.8. The maximum absolute atomic E-state index is 10.7. The lowest BCUT2D eigenvalue weighted by Crippen LogP contribution is -2.37. The minimum Gasteiger partial charge on any atom is -0.490 e. The fourth-order valence-electron chi connectivity index (χ4n) is 2.55. The standard InChI is InChI=1S/C15H20O3/c1-11-10-15(16,8-9-17-11)12-2-4-13(5-3-12)18-14-6-7-14/h2-5,11,14,16H,6-10H2,1H3. The Labute approximate surface area is 108 Å². The van der Waals surface area contributed by atoms with Gasteiger partial charge >= 0.3 is 0 Å². The fourth-order valence-corrected chi connectivity index (χ4v) is 2.55. The van der Waals surface area contributed by atoms with Gasteiger partial charge < -0.3 is 14.6 Å². The Morgan fingerprint density at radius 3 is 2.61 bits per heavy atom. The molecule has 2 fully saturated rings. The summed E-state index contributed by atoms with van der Waals surface area (Å²) in [7, 11) is 0. The van der Waals surface area contributed by atoms with Crippen molar-refractivity contribution in [2.45, 2.75) is 50.4 Å². The van der Waals surface area contributed by atoms with E-state index in [-0.39, 0.29) is 6.10 Å². The molecule has 1 aliphatic carbocycles. The molecule has 0 spiro atoms. The maximum atomic E-state index is 10.7. The number of rotatable bonds is 3. The summed E-state index contributed by atoms with van der Waals surface area (Å²) < 4.78 is 11.2. The Morgan fingerprint density at radius 2 is 2.00 bits per heavy atom. The van der Waals surface area contributed by atoms with Crippen LogP contribution < -0.4 is 4.74 Å². The third kappa shape index (κ3) is 2.52. The SMILES string of the molecule is CC1CC(O)(c2ccc(OC3CC3)cc2)CCO1. The Morgan fingerprint density at radius 1 is 1.28 bits per heavy atom. The summed E-state index contributed by atoms with van der Waals surface area (Å²) in [6.45, 7) is 2.63. The third-order valence-electron chi connectivity index (χ3n) is 3.76. The smallest absolute Gasteiger partial charge is 0.119 e. The highest BCUT2D eigenvalue weighted by Gasteiger charge is 2.35. The maximum Gasteiger partial charge on any atom is 0.119 e. The molecule has 2 aliphatic rings. The van der Waals surface area contributed by atoms with Gasteiger partial charge in [-0.3, -0.25) is 0 Å². The molecule has 1 aromatic rings. The van der Waals surface area contributed by atoms with Crippen molar-refractivity contribution in [3.05, 3.63) is 29.8 Å². The van der Waals surface area contributed by atoms with Crippen LogP contribution in [0.15, 0.2) is 24.3 Å². The zero-order chi connectivity index (χ0) is 12.6. The molecule has 0 radical (unpaired) electrons. The van der Waals surface area contributed by atoms with Crippen LogP contribution in [-0.2, 0) is 10.3 Å². The summed E-state index contributed by atoms with van der Waals surface area (Å²) in [5, 5.41) is 10.7. The Hall–Kier alpha value is -1.06. The van der Waals surface area contributed by atoms with Crippen molar-refractivity contribution in [3.8, 4) is 5.75 Å². The van der Waals surface area contributed by atoms with E-state index in [1.165, 1.54) is 12.8 Å². The fraction of sp³-hybridized carbons (Fsp3) is 0.600. The van der Waals surface area contributed by atoms with E-state index < -0.39 is 5.60 Å². The van der Waals surface area contributed by atoms with E-state index >= 15 is 0 Å². The average molecular weight is 248 g/mol. The van der Waals surface area contributed by atoms with Crippen LogP contribution in [0.4, 0.5) is 0 Å². The lowest BCUT2D eigenvalue weighted by Gasteiger charge is -2.36. The predicted molar refractivity (Wildman–Crippen MR) is 68.6 cm³/mol. The first kappa shape index (κ1) is 12.0. The van der Waals surface area contributed by atoms with Gasteiger partial charge in [-0.1, -0.05) is 12.1 Å². The molecule has 0 bridgehead atoms. The molecule has 1 aliphatic heterocycles. The molecule has 0 amide bonds. The number of aliphatic hydroxyl groups is 1. The molecule has 1 saturated heterocycles. The quantitative estimate of drug-likeness (QED) is 0.893. The number of hydrogen-bond donors (Lipinski definition) is 1. The monoisotopic (exact) mass is 248 g/mol. The second-order valence-corrected chi connectivity index (χ2v) is 5.51. The Bertz CT molecular complexity index is 410. The van der Waals surface area contributed by atoms with Crippen molar-refractivity contribution in [1.82, 2.24) is 0 Å². The van der Waals surface area contributed by atoms with E-state index in [1.807, 2.05) is 31.2 Å². The molecule has 2 atom stereocenters. The summed E-state index contributed by atoms with van der Waals surface area (Å²) in [6.07, 6.45) is 4.20. The van der Waals surface area contributed by atoms with Crippen LogP contribution in [0.1, 0.15) is 38.2 Å². The summed E-state index contributed by atoms with van der Waals surface area (Å²) in [5.41, 5.74) is 0.233.